The van der Waals surface area contributed by atoms with Crippen molar-refractivity contribution in [2.24, 2.45) is 0 Å². The van der Waals surface area contributed by atoms with Gasteiger partial charge in [-0.15, -0.1) is 0 Å². The molecule has 1 aromatic heterocycles. The zero-order chi connectivity index (χ0) is 21.5. The number of nitrogens with one attached hydrogen (secondary N) is 1. The molecule has 0 saturated carbocycles. The molecule has 1 N–H and O–H groups in total. The molecule has 0 atom stereocenters. The van der Waals surface area contributed by atoms with Crippen LogP contribution in [-0.2, 0) is 19.6 Å². The monoisotopic (exact) mass is 445 g/mol. The van der Waals surface area contributed by atoms with Crippen molar-refractivity contribution in [2.45, 2.75) is 31.1 Å². The van der Waals surface area contributed by atoms with E-state index in [-0.39, 0.29) is 46.1 Å². The summed E-state index contributed by atoms with van der Waals surface area (Å²) in [7, 11) is -2.73. The van der Waals surface area contributed by atoms with Crippen molar-refractivity contribution in [3.8, 4) is 5.75 Å². The van der Waals surface area contributed by atoms with Crippen LogP contribution < -0.4 is 14.4 Å². The van der Waals surface area contributed by atoms with Gasteiger partial charge in [-0.05, 0) is 49.2 Å². The average molecular weight is 446 g/mol. The number of hydrogen-bond acceptors (Lipinski definition) is 7. The maximum atomic E-state index is 13.1. The first-order chi connectivity index (χ1) is 14.3. The third-order valence-electron chi connectivity index (χ3n) is 4.74. The number of aromatic nitrogens is 1. The fourth-order valence-electron chi connectivity index (χ4n) is 3.30. The van der Waals surface area contributed by atoms with E-state index in [1.807, 2.05) is 25.1 Å². The zero-order valence-electron chi connectivity index (χ0n) is 16.3. The second-order valence-corrected chi connectivity index (χ2v) is 9.59. The number of benzene rings is 2. The van der Waals surface area contributed by atoms with E-state index in [1.54, 1.807) is 0 Å². The smallest absolute Gasteiger partial charge is 0.267 e. The Morgan fingerprint density at radius 2 is 1.83 bits per heavy atom. The Balaban J connectivity index is 1.73. The topological polar surface area (TPSA) is 106 Å². The largest absolute Gasteiger partial charge is 0.495 e. The summed E-state index contributed by atoms with van der Waals surface area (Å²) in [4.78, 5) is 29.7. The summed E-state index contributed by atoms with van der Waals surface area (Å²) in [5.41, 5.74) is 1.94. The first kappa shape index (κ1) is 20.3. The molecule has 0 unspecified atom stereocenters. The minimum atomic E-state index is -4.09. The lowest BCUT2D eigenvalue weighted by molar-refractivity contribution is -0.129. The Morgan fingerprint density at radius 3 is 2.53 bits per heavy atom. The minimum Gasteiger partial charge on any atom is -0.495 e. The lowest BCUT2D eigenvalue weighted by atomic mass is 10.1. The van der Waals surface area contributed by atoms with E-state index in [4.69, 9.17) is 4.74 Å². The Hall–Kier alpha value is -2.98. The quantitative estimate of drug-likeness (QED) is 0.603. The number of carbonyl (C=O) groups excluding carboxylic acids is 2. The molecule has 0 spiro atoms. The second-order valence-electron chi connectivity index (χ2n) is 6.91. The highest BCUT2D eigenvalue weighted by Gasteiger charge is 2.30. The highest BCUT2D eigenvalue weighted by molar-refractivity contribution is 7.93. The Kier molecular flexibility index (Phi) is 5.20. The molecule has 0 radical (unpaired) electrons. The molecule has 3 aromatic rings. The van der Waals surface area contributed by atoms with E-state index in [9.17, 15) is 18.0 Å². The first-order valence-electron chi connectivity index (χ1n) is 9.22. The highest BCUT2D eigenvalue weighted by atomic mass is 32.2. The minimum absolute atomic E-state index is 0.0973. The van der Waals surface area contributed by atoms with E-state index in [0.29, 0.717) is 11.9 Å². The van der Waals surface area contributed by atoms with Crippen LogP contribution in [0.3, 0.4) is 0 Å². The van der Waals surface area contributed by atoms with Gasteiger partial charge in [-0.1, -0.05) is 17.4 Å². The molecular weight excluding hydrogens is 426 g/mol. The van der Waals surface area contributed by atoms with Crippen molar-refractivity contribution < 1.29 is 22.7 Å². The summed E-state index contributed by atoms with van der Waals surface area (Å²) in [5, 5.41) is 0.216. The molecule has 0 bridgehead atoms. The number of fused-ring (bicyclic) bond motifs is 1. The highest BCUT2D eigenvalue weighted by Crippen LogP contribution is 2.34. The van der Waals surface area contributed by atoms with Gasteiger partial charge in [0, 0.05) is 12.8 Å². The summed E-state index contributed by atoms with van der Waals surface area (Å²) in [6.07, 6.45) is 0.973. The number of nitrogens with zero attached hydrogens (tertiary/aromatic N) is 2. The molecule has 1 saturated heterocycles. The summed E-state index contributed by atoms with van der Waals surface area (Å²) >= 11 is 1.22. The standard InChI is InChI=1S/C20H19N3O5S2/c1-12-6-8-14-16(10-12)29-20(21-14)22-30(26,27)17-11-13(7-9-15(17)28-2)23-18(24)4-3-5-19(23)25/h6-11H,3-5H2,1-2H3,(H,21,22). The van der Waals surface area contributed by atoms with Crippen LogP contribution in [0, 0.1) is 6.92 Å². The number of aryl methyl sites for hydroxylation is 1. The van der Waals surface area contributed by atoms with Crippen molar-refractivity contribution >= 4 is 54.2 Å². The van der Waals surface area contributed by atoms with Gasteiger partial charge < -0.3 is 4.74 Å². The fourth-order valence-corrected chi connectivity index (χ4v) is 5.69. The molecule has 2 heterocycles. The lowest BCUT2D eigenvalue weighted by Crippen LogP contribution is -2.40. The number of carbonyl (C=O) groups is 2. The van der Waals surface area contributed by atoms with Crippen LogP contribution in [0.2, 0.25) is 0 Å². The number of piperidine rings is 1. The van der Waals surface area contributed by atoms with Crippen LogP contribution in [0.1, 0.15) is 24.8 Å². The fraction of sp³-hybridized carbons (Fsp3) is 0.250. The molecule has 1 aliphatic heterocycles. The van der Waals surface area contributed by atoms with Crippen LogP contribution >= 0.6 is 11.3 Å². The summed E-state index contributed by atoms with van der Waals surface area (Å²) < 4.78 is 34.8. The number of imide groups is 1. The molecule has 2 amide bonds. The number of hydrogen-bond donors (Lipinski definition) is 1. The molecule has 1 aliphatic rings. The molecule has 156 valence electrons. The van der Waals surface area contributed by atoms with Gasteiger partial charge in [-0.3, -0.25) is 19.2 Å². The molecule has 8 nitrogen and oxygen atoms in total. The van der Waals surface area contributed by atoms with Gasteiger partial charge >= 0.3 is 0 Å². The molecule has 0 aliphatic carbocycles. The first-order valence-corrected chi connectivity index (χ1v) is 11.5. The van der Waals surface area contributed by atoms with Gasteiger partial charge in [0.25, 0.3) is 10.0 Å². The van der Waals surface area contributed by atoms with Gasteiger partial charge in [-0.2, -0.15) is 0 Å². The number of anilines is 2. The number of sulfonamides is 1. The van der Waals surface area contributed by atoms with Crippen molar-refractivity contribution in [2.75, 3.05) is 16.7 Å². The second kappa shape index (κ2) is 7.69. The van der Waals surface area contributed by atoms with Gasteiger partial charge in [0.05, 0.1) is 23.0 Å². The van der Waals surface area contributed by atoms with E-state index in [1.165, 1.54) is 36.6 Å². The van der Waals surface area contributed by atoms with Crippen molar-refractivity contribution in [1.82, 2.24) is 4.98 Å². The van der Waals surface area contributed by atoms with Crippen molar-refractivity contribution in [3.63, 3.8) is 0 Å². The number of thiazole rings is 1. The van der Waals surface area contributed by atoms with Crippen molar-refractivity contribution in [1.29, 1.82) is 0 Å². The average Bonchev–Trinajstić information content (AvgIpc) is 3.08. The molecule has 2 aromatic carbocycles. The van der Waals surface area contributed by atoms with Crippen LogP contribution in [0.15, 0.2) is 41.3 Å². The molecular formula is C20H19N3O5S2. The zero-order valence-corrected chi connectivity index (χ0v) is 18.0. The van der Waals surface area contributed by atoms with Gasteiger partial charge in [0.15, 0.2) is 5.13 Å². The SMILES string of the molecule is COc1ccc(N2C(=O)CCCC2=O)cc1S(=O)(=O)Nc1nc2ccc(C)cc2s1. The van der Waals surface area contributed by atoms with Crippen LogP contribution in [0.4, 0.5) is 10.8 Å². The van der Waals surface area contributed by atoms with Gasteiger partial charge in [-0.25, -0.2) is 13.4 Å². The van der Waals surface area contributed by atoms with Crippen LogP contribution in [-0.4, -0.2) is 32.3 Å². The molecule has 4 rings (SSSR count). The van der Waals surface area contributed by atoms with Crippen LogP contribution in [0.5, 0.6) is 5.75 Å². The number of methoxy groups -OCH3 is 1. The van der Waals surface area contributed by atoms with E-state index >= 15 is 0 Å². The number of ether oxygens (including phenoxy) is 1. The van der Waals surface area contributed by atoms with Gasteiger partial charge in [0.2, 0.25) is 11.8 Å². The lowest BCUT2D eigenvalue weighted by Gasteiger charge is -2.25. The Labute approximate surface area is 177 Å². The predicted octanol–water partition coefficient (Wildman–Crippen LogP) is 3.46. The van der Waals surface area contributed by atoms with Gasteiger partial charge in [0.1, 0.15) is 10.6 Å². The summed E-state index contributed by atoms with van der Waals surface area (Å²) in [5.74, 6) is -0.608. The van der Waals surface area contributed by atoms with Crippen LogP contribution in [0.25, 0.3) is 10.2 Å². The molecule has 30 heavy (non-hydrogen) atoms. The summed E-state index contributed by atoms with van der Waals surface area (Å²) in [6, 6.07) is 9.87. The van der Waals surface area contributed by atoms with E-state index in [2.05, 4.69) is 9.71 Å². The van der Waals surface area contributed by atoms with E-state index in [0.717, 1.165) is 15.2 Å². The third kappa shape index (κ3) is 3.75. The van der Waals surface area contributed by atoms with E-state index < -0.39 is 10.0 Å². The Morgan fingerprint density at radius 1 is 1.10 bits per heavy atom. The number of amides is 2. The normalized spacial score (nSPS) is 14.9. The predicted molar refractivity (Wildman–Crippen MR) is 115 cm³/mol. The Bertz CT molecular complexity index is 1250. The molecule has 1 fully saturated rings. The number of rotatable bonds is 5. The van der Waals surface area contributed by atoms with Crippen molar-refractivity contribution in [3.05, 3.63) is 42.0 Å². The third-order valence-corrected chi connectivity index (χ3v) is 7.16. The molecule has 10 heteroatoms. The maximum absolute atomic E-state index is 13.1. The summed E-state index contributed by atoms with van der Waals surface area (Å²) in [6.45, 7) is 1.95. The maximum Gasteiger partial charge on any atom is 0.267 e.